The van der Waals surface area contributed by atoms with Gasteiger partial charge in [-0.25, -0.2) is 4.79 Å². The van der Waals surface area contributed by atoms with Gasteiger partial charge < -0.3 is 14.8 Å². The lowest BCUT2D eigenvalue weighted by Crippen LogP contribution is -2.27. The topological polar surface area (TPSA) is 64.6 Å². The monoisotopic (exact) mass is 285 g/mol. The van der Waals surface area contributed by atoms with Crippen molar-refractivity contribution in [1.29, 1.82) is 0 Å². The summed E-state index contributed by atoms with van der Waals surface area (Å²) in [4.78, 5) is 22.7. The van der Waals surface area contributed by atoms with E-state index < -0.39 is 5.97 Å². The Kier molecular flexibility index (Phi) is 2.82. The van der Waals surface area contributed by atoms with E-state index in [0.717, 1.165) is 0 Å². The van der Waals surface area contributed by atoms with Crippen molar-refractivity contribution < 1.29 is 19.1 Å². The molecule has 1 aromatic rings. The SMILES string of the molecule is COC(=O)c1ccc(Br)c2c1NC(=O)CO2. The van der Waals surface area contributed by atoms with Gasteiger partial charge in [-0.15, -0.1) is 0 Å². The number of amides is 1. The highest BCUT2D eigenvalue weighted by Crippen LogP contribution is 2.38. The van der Waals surface area contributed by atoms with Crippen LogP contribution in [0.4, 0.5) is 5.69 Å². The summed E-state index contributed by atoms with van der Waals surface area (Å²) in [5.74, 6) is -0.368. The molecule has 1 aromatic carbocycles. The Morgan fingerprint density at radius 1 is 1.56 bits per heavy atom. The highest BCUT2D eigenvalue weighted by Gasteiger charge is 2.24. The number of methoxy groups -OCH3 is 1. The number of ether oxygens (including phenoxy) is 2. The largest absolute Gasteiger partial charge is 0.480 e. The molecule has 1 amide bonds. The zero-order chi connectivity index (χ0) is 11.7. The van der Waals surface area contributed by atoms with E-state index in [1.54, 1.807) is 12.1 Å². The molecule has 1 N–H and O–H groups in total. The van der Waals surface area contributed by atoms with E-state index in [9.17, 15) is 9.59 Å². The molecule has 6 heteroatoms. The van der Waals surface area contributed by atoms with Gasteiger partial charge in [-0.05, 0) is 28.1 Å². The number of halogens is 1. The predicted molar refractivity (Wildman–Crippen MR) is 59.6 cm³/mol. The number of fused-ring (bicyclic) bond motifs is 1. The van der Waals surface area contributed by atoms with Crippen LogP contribution in [0, 0.1) is 0 Å². The van der Waals surface area contributed by atoms with Crippen molar-refractivity contribution in [3.05, 3.63) is 22.2 Å². The lowest BCUT2D eigenvalue weighted by molar-refractivity contribution is -0.118. The smallest absolute Gasteiger partial charge is 0.340 e. The van der Waals surface area contributed by atoms with E-state index in [2.05, 4.69) is 26.0 Å². The third kappa shape index (κ3) is 1.76. The zero-order valence-corrected chi connectivity index (χ0v) is 9.96. The molecule has 0 unspecified atom stereocenters. The van der Waals surface area contributed by atoms with Gasteiger partial charge >= 0.3 is 5.97 Å². The molecule has 0 aliphatic carbocycles. The lowest BCUT2D eigenvalue weighted by Gasteiger charge is -2.20. The van der Waals surface area contributed by atoms with Crippen LogP contribution in [-0.4, -0.2) is 25.6 Å². The number of esters is 1. The highest BCUT2D eigenvalue weighted by atomic mass is 79.9. The maximum Gasteiger partial charge on any atom is 0.340 e. The molecule has 1 heterocycles. The third-order valence-corrected chi connectivity index (χ3v) is 2.75. The van der Waals surface area contributed by atoms with E-state index in [1.165, 1.54) is 7.11 Å². The van der Waals surface area contributed by atoms with Crippen LogP contribution in [0.1, 0.15) is 10.4 Å². The Morgan fingerprint density at radius 2 is 2.31 bits per heavy atom. The Bertz CT molecular complexity index is 472. The molecule has 0 bridgehead atoms. The molecule has 0 saturated heterocycles. The Labute approximate surface area is 99.9 Å². The second-order valence-electron chi connectivity index (χ2n) is 3.13. The summed E-state index contributed by atoms with van der Waals surface area (Å²) in [5.41, 5.74) is 0.617. The van der Waals surface area contributed by atoms with Crippen molar-refractivity contribution in [2.75, 3.05) is 19.0 Å². The van der Waals surface area contributed by atoms with Crippen LogP contribution >= 0.6 is 15.9 Å². The minimum atomic E-state index is -0.519. The van der Waals surface area contributed by atoms with Crippen LogP contribution in [0.15, 0.2) is 16.6 Å². The Hall–Kier alpha value is -1.56. The first-order valence-electron chi connectivity index (χ1n) is 4.47. The number of nitrogens with one attached hydrogen (secondary N) is 1. The summed E-state index contributed by atoms with van der Waals surface area (Å²) in [6, 6.07) is 3.23. The van der Waals surface area contributed by atoms with Crippen molar-refractivity contribution in [2.45, 2.75) is 0 Å². The summed E-state index contributed by atoms with van der Waals surface area (Å²) in [6.45, 7) is -0.0593. The lowest BCUT2D eigenvalue weighted by atomic mass is 10.1. The van der Waals surface area contributed by atoms with Gasteiger partial charge in [0, 0.05) is 0 Å². The predicted octanol–water partition coefficient (Wildman–Crippen LogP) is 1.57. The normalized spacial score (nSPS) is 13.5. The van der Waals surface area contributed by atoms with Gasteiger partial charge in [0.15, 0.2) is 12.4 Å². The maximum absolute atomic E-state index is 11.5. The standard InChI is InChI=1S/C10H8BrNO4/c1-15-10(14)5-2-3-6(11)9-8(5)12-7(13)4-16-9/h2-3H,4H2,1H3,(H,12,13). The van der Waals surface area contributed by atoms with Crippen molar-refractivity contribution >= 4 is 33.5 Å². The average molecular weight is 286 g/mol. The van der Waals surface area contributed by atoms with Crippen LogP contribution < -0.4 is 10.1 Å². The molecule has 2 rings (SSSR count). The van der Waals surface area contributed by atoms with Crippen LogP contribution in [-0.2, 0) is 9.53 Å². The molecular weight excluding hydrogens is 278 g/mol. The fraction of sp³-hybridized carbons (Fsp3) is 0.200. The molecule has 0 spiro atoms. The van der Waals surface area contributed by atoms with E-state index in [4.69, 9.17) is 4.74 Å². The summed E-state index contributed by atoms with van der Waals surface area (Å²) >= 11 is 3.28. The molecule has 0 atom stereocenters. The van der Waals surface area contributed by atoms with Crippen LogP contribution in [0.3, 0.4) is 0 Å². The number of hydrogen-bond donors (Lipinski definition) is 1. The van der Waals surface area contributed by atoms with Gasteiger partial charge in [0.05, 0.1) is 22.8 Å². The van der Waals surface area contributed by atoms with Gasteiger partial charge in [0.1, 0.15) is 0 Å². The quantitative estimate of drug-likeness (QED) is 0.796. The van der Waals surface area contributed by atoms with Gasteiger partial charge in [0.25, 0.3) is 5.91 Å². The Morgan fingerprint density at radius 3 is 3.00 bits per heavy atom. The van der Waals surface area contributed by atoms with Crippen molar-refractivity contribution in [3.63, 3.8) is 0 Å². The number of anilines is 1. The summed E-state index contributed by atoms with van der Waals surface area (Å²) in [6.07, 6.45) is 0. The summed E-state index contributed by atoms with van der Waals surface area (Å²) in [7, 11) is 1.28. The van der Waals surface area contributed by atoms with Crippen molar-refractivity contribution in [1.82, 2.24) is 0 Å². The molecule has 0 saturated carbocycles. The highest BCUT2D eigenvalue weighted by molar-refractivity contribution is 9.10. The summed E-state index contributed by atoms with van der Waals surface area (Å²) in [5, 5.41) is 2.59. The first kappa shape index (κ1) is 10.9. The van der Waals surface area contributed by atoms with Crippen molar-refractivity contribution in [2.24, 2.45) is 0 Å². The molecule has 1 aliphatic rings. The van der Waals surface area contributed by atoms with Gasteiger partial charge in [-0.2, -0.15) is 0 Å². The molecule has 84 valence electrons. The number of benzene rings is 1. The Balaban J connectivity index is 2.56. The first-order chi connectivity index (χ1) is 7.63. The zero-order valence-electron chi connectivity index (χ0n) is 8.37. The van der Waals surface area contributed by atoms with E-state index in [1.807, 2.05) is 0 Å². The van der Waals surface area contributed by atoms with Gasteiger partial charge in [-0.3, -0.25) is 4.79 Å². The second kappa shape index (κ2) is 4.13. The molecule has 0 aromatic heterocycles. The summed E-state index contributed by atoms with van der Waals surface area (Å²) < 4.78 is 10.5. The van der Waals surface area contributed by atoms with Gasteiger partial charge in [-0.1, -0.05) is 0 Å². The fourth-order valence-corrected chi connectivity index (χ4v) is 1.86. The van der Waals surface area contributed by atoms with E-state index in [0.29, 0.717) is 15.9 Å². The van der Waals surface area contributed by atoms with Crippen LogP contribution in [0.2, 0.25) is 0 Å². The molecular formula is C10H8BrNO4. The molecule has 16 heavy (non-hydrogen) atoms. The van der Waals surface area contributed by atoms with Crippen molar-refractivity contribution in [3.8, 4) is 5.75 Å². The van der Waals surface area contributed by atoms with Crippen LogP contribution in [0.5, 0.6) is 5.75 Å². The number of carbonyl (C=O) groups excluding carboxylic acids is 2. The van der Waals surface area contributed by atoms with E-state index in [-0.39, 0.29) is 18.1 Å². The minimum absolute atomic E-state index is 0.0593. The minimum Gasteiger partial charge on any atom is -0.480 e. The fourth-order valence-electron chi connectivity index (χ4n) is 1.42. The van der Waals surface area contributed by atoms with E-state index >= 15 is 0 Å². The van der Waals surface area contributed by atoms with Gasteiger partial charge in [0.2, 0.25) is 0 Å². The molecule has 0 radical (unpaired) electrons. The number of carbonyl (C=O) groups is 2. The maximum atomic E-state index is 11.5. The first-order valence-corrected chi connectivity index (χ1v) is 5.26. The molecule has 1 aliphatic heterocycles. The number of rotatable bonds is 1. The molecule has 5 nitrogen and oxygen atoms in total. The van der Waals surface area contributed by atoms with Crippen LogP contribution in [0.25, 0.3) is 0 Å². The average Bonchev–Trinajstić information content (AvgIpc) is 2.28. The second-order valence-corrected chi connectivity index (χ2v) is 3.98. The third-order valence-electron chi connectivity index (χ3n) is 2.13. The number of hydrogen-bond acceptors (Lipinski definition) is 4. The molecule has 0 fully saturated rings.